The van der Waals surface area contributed by atoms with Crippen LogP contribution < -0.4 is 10.1 Å². The number of Topliss-reactive ketones (excluding diaryl/α,β-unsaturated/α-hetero) is 1. The zero-order chi connectivity index (χ0) is 26.0. The van der Waals surface area contributed by atoms with E-state index in [1.807, 2.05) is 20.8 Å². The van der Waals surface area contributed by atoms with Gasteiger partial charge in [0.1, 0.15) is 24.2 Å². The Bertz CT molecular complexity index is 1090. The summed E-state index contributed by atoms with van der Waals surface area (Å²) in [6, 6.07) is 11.1. The second kappa shape index (κ2) is 10.6. The summed E-state index contributed by atoms with van der Waals surface area (Å²) in [5, 5.41) is 13.5. The van der Waals surface area contributed by atoms with Crippen LogP contribution in [0.1, 0.15) is 51.7 Å². The van der Waals surface area contributed by atoms with Crippen molar-refractivity contribution in [2.24, 2.45) is 16.7 Å². The Kier molecular flexibility index (Phi) is 8.17. The molecule has 1 aliphatic rings. The maximum Gasteiger partial charge on any atom is 0.326 e. The van der Waals surface area contributed by atoms with Gasteiger partial charge in [0.15, 0.2) is 0 Å². The molecule has 0 aliphatic heterocycles. The van der Waals surface area contributed by atoms with Gasteiger partial charge in [0.2, 0.25) is 5.91 Å². The summed E-state index contributed by atoms with van der Waals surface area (Å²) < 4.78 is 5.77. The number of carboxylic acid groups (broad SMARTS) is 1. The molecule has 1 saturated carbocycles. The molecule has 2 aromatic carbocycles. The molecule has 0 radical (unpaired) electrons. The van der Waals surface area contributed by atoms with E-state index < -0.39 is 28.8 Å². The summed E-state index contributed by atoms with van der Waals surface area (Å²) in [6.45, 7) is 7.47. The minimum atomic E-state index is -1.11. The lowest BCUT2D eigenvalue weighted by molar-refractivity contribution is -0.144. The fourth-order valence-corrected chi connectivity index (χ4v) is 5.35. The molecule has 0 saturated heterocycles. The molecular formula is C27H31Cl2NO5. The molecule has 1 aliphatic carbocycles. The van der Waals surface area contributed by atoms with Crippen molar-refractivity contribution in [3.63, 3.8) is 0 Å². The lowest BCUT2D eigenvalue weighted by atomic mass is 9.63. The van der Waals surface area contributed by atoms with Crippen LogP contribution in [0.4, 0.5) is 0 Å². The van der Waals surface area contributed by atoms with Crippen LogP contribution in [0.15, 0.2) is 42.5 Å². The smallest absolute Gasteiger partial charge is 0.326 e. The number of hydrogen-bond donors (Lipinski definition) is 2. The summed E-state index contributed by atoms with van der Waals surface area (Å²) in [4.78, 5) is 37.3. The first-order valence-electron chi connectivity index (χ1n) is 11.6. The van der Waals surface area contributed by atoms with Gasteiger partial charge in [-0.25, -0.2) is 4.79 Å². The highest BCUT2D eigenvalue weighted by molar-refractivity contribution is 6.35. The van der Waals surface area contributed by atoms with E-state index in [-0.39, 0.29) is 24.7 Å². The van der Waals surface area contributed by atoms with Gasteiger partial charge < -0.3 is 15.2 Å². The van der Waals surface area contributed by atoms with E-state index in [0.29, 0.717) is 34.2 Å². The number of rotatable bonds is 9. The molecule has 3 rings (SSSR count). The van der Waals surface area contributed by atoms with Crippen LogP contribution in [0, 0.1) is 16.7 Å². The molecule has 6 nitrogen and oxygen atoms in total. The zero-order valence-electron chi connectivity index (χ0n) is 20.4. The Morgan fingerprint density at radius 2 is 1.69 bits per heavy atom. The Balaban J connectivity index is 1.64. The van der Waals surface area contributed by atoms with E-state index in [9.17, 15) is 19.5 Å². The standard InChI is InChI=1S/C27H31Cl2NO5/c1-16(31)27(4)13-12-20(26(27,2)3)24(32)30-23(25(33)34)14-17-8-10-18(11-9-17)35-15-19-21(28)6-5-7-22(19)29/h5-11,20,23H,12-15H2,1-4H3,(H,30,32)(H,33,34)/t20-,23+,27+/m1/s1. The fourth-order valence-electron chi connectivity index (χ4n) is 4.84. The van der Waals surface area contributed by atoms with Crippen LogP contribution in [0.25, 0.3) is 0 Å². The van der Waals surface area contributed by atoms with Gasteiger partial charge in [0.25, 0.3) is 0 Å². The summed E-state index contributed by atoms with van der Waals surface area (Å²) >= 11 is 12.3. The SMILES string of the molecule is CC(=O)[C@]1(C)CC[C@H](C(=O)N[C@@H](Cc2ccc(OCc3c(Cl)cccc3Cl)cc2)C(=O)O)C1(C)C. The Morgan fingerprint density at radius 3 is 2.20 bits per heavy atom. The van der Waals surface area contributed by atoms with E-state index in [2.05, 4.69) is 5.32 Å². The molecule has 0 heterocycles. The molecule has 35 heavy (non-hydrogen) atoms. The van der Waals surface area contributed by atoms with Gasteiger partial charge in [-0.15, -0.1) is 0 Å². The molecule has 1 amide bonds. The van der Waals surface area contributed by atoms with Gasteiger partial charge in [0, 0.05) is 33.4 Å². The number of amides is 1. The normalized spacial score (nSPS) is 21.8. The third-order valence-corrected chi connectivity index (χ3v) is 8.45. The first kappa shape index (κ1) is 27.0. The lowest BCUT2D eigenvalue weighted by Gasteiger charge is -2.39. The van der Waals surface area contributed by atoms with E-state index in [0.717, 1.165) is 5.56 Å². The highest BCUT2D eigenvalue weighted by atomic mass is 35.5. The average Bonchev–Trinajstić information content (AvgIpc) is 3.03. The maximum atomic E-state index is 13.1. The average molecular weight is 520 g/mol. The van der Waals surface area contributed by atoms with Gasteiger partial charge in [-0.3, -0.25) is 9.59 Å². The number of nitrogens with one attached hydrogen (secondary N) is 1. The third kappa shape index (κ3) is 5.65. The third-order valence-electron chi connectivity index (χ3n) is 7.74. The zero-order valence-corrected chi connectivity index (χ0v) is 21.9. The molecule has 188 valence electrons. The summed E-state index contributed by atoms with van der Waals surface area (Å²) in [5.74, 6) is -1.25. The van der Waals surface area contributed by atoms with E-state index in [1.54, 1.807) is 49.4 Å². The summed E-state index contributed by atoms with van der Waals surface area (Å²) in [5.41, 5.74) is 0.233. The quantitative estimate of drug-likeness (QED) is 0.442. The van der Waals surface area contributed by atoms with E-state index in [4.69, 9.17) is 27.9 Å². The van der Waals surface area contributed by atoms with Crippen molar-refractivity contribution in [3.8, 4) is 5.75 Å². The summed E-state index contributed by atoms with van der Waals surface area (Å²) in [7, 11) is 0. The van der Waals surface area contributed by atoms with Crippen LogP contribution in [-0.4, -0.2) is 28.8 Å². The van der Waals surface area contributed by atoms with Gasteiger partial charge in [-0.1, -0.05) is 62.2 Å². The molecule has 0 spiro atoms. The minimum Gasteiger partial charge on any atom is -0.489 e. The molecule has 2 aromatic rings. The number of carbonyl (C=O) groups excluding carboxylic acids is 2. The second-order valence-electron chi connectivity index (χ2n) is 9.94. The Hall–Kier alpha value is -2.57. The molecule has 0 unspecified atom stereocenters. The molecule has 0 aromatic heterocycles. The number of ketones is 1. The number of ether oxygens (including phenoxy) is 1. The van der Waals surface area contributed by atoms with Crippen LogP contribution in [0.5, 0.6) is 5.75 Å². The van der Waals surface area contributed by atoms with Crippen LogP contribution in [-0.2, 0) is 27.4 Å². The monoisotopic (exact) mass is 519 g/mol. The first-order valence-corrected chi connectivity index (χ1v) is 12.3. The molecule has 0 bridgehead atoms. The largest absolute Gasteiger partial charge is 0.489 e. The van der Waals surface area contributed by atoms with Crippen molar-refractivity contribution < 1.29 is 24.2 Å². The van der Waals surface area contributed by atoms with Gasteiger partial charge in [0.05, 0.1) is 0 Å². The Morgan fingerprint density at radius 1 is 1.09 bits per heavy atom. The predicted octanol–water partition coefficient (Wildman–Crippen LogP) is 5.72. The number of carbonyl (C=O) groups is 3. The number of aliphatic carboxylic acids is 1. The number of halogens is 2. The van der Waals surface area contributed by atoms with Crippen molar-refractivity contribution in [1.82, 2.24) is 5.32 Å². The summed E-state index contributed by atoms with van der Waals surface area (Å²) in [6.07, 6.45) is 1.27. The van der Waals surface area contributed by atoms with Crippen molar-refractivity contribution in [2.45, 2.75) is 59.6 Å². The second-order valence-corrected chi connectivity index (χ2v) is 10.8. The van der Waals surface area contributed by atoms with Crippen LogP contribution >= 0.6 is 23.2 Å². The number of benzene rings is 2. The predicted molar refractivity (Wildman–Crippen MR) is 136 cm³/mol. The minimum absolute atomic E-state index is 0.0479. The maximum absolute atomic E-state index is 13.1. The highest BCUT2D eigenvalue weighted by Crippen LogP contribution is 2.56. The number of carboxylic acids is 1. The van der Waals surface area contributed by atoms with Crippen molar-refractivity contribution in [2.75, 3.05) is 0 Å². The van der Waals surface area contributed by atoms with E-state index in [1.165, 1.54) is 0 Å². The molecular weight excluding hydrogens is 489 g/mol. The molecule has 1 fully saturated rings. The van der Waals surface area contributed by atoms with Crippen molar-refractivity contribution >= 4 is 40.9 Å². The van der Waals surface area contributed by atoms with Crippen molar-refractivity contribution in [3.05, 3.63) is 63.6 Å². The lowest BCUT2D eigenvalue weighted by Crippen LogP contribution is -2.49. The van der Waals surface area contributed by atoms with Crippen molar-refractivity contribution in [1.29, 1.82) is 0 Å². The fraction of sp³-hybridized carbons (Fsp3) is 0.444. The molecule has 2 N–H and O–H groups in total. The molecule has 3 atom stereocenters. The molecule has 8 heteroatoms. The van der Waals surface area contributed by atoms with Crippen LogP contribution in [0.3, 0.4) is 0 Å². The van der Waals surface area contributed by atoms with Gasteiger partial charge >= 0.3 is 5.97 Å². The number of hydrogen-bond acceptors (Lipinski definition) is 4. The topological polar surface area (TPSA) is 92.7 Å². The first-order chi connectivity index (χ1) is 16.4. The highest BCUT2D eigenvalue weighted by Gasteiger charge is 2.56. The Labute approximate surface area is 216 Å². The van der Waals surface area contributed by atoms with Gasteiger partial charge in [-0.2, -0.15) is 0 Å². The van der Waals surface area contributed by atoms with Crippen LogP contribution in [0.2, 0.25) is 10.0 Å². The van der Waals surface area contributed by atoms with E-state index >= 15 is 0 Å². The van der Waals surface area contributed by atoms with Gasteiger partial charge in [-0.05, 0) is 55.0 Å².